The molecule has 0 aliphatic carbocycles. The molecule has 0 spiro atoms. The molecule has 2 aromatic rings. The highest BCUT2D eigenvalue weighted by atomic mass is 16.5. The minimum atomic E-state index is -0.261. The number of ether oxygens (including phenoxy) is 1. The summed E-state index contributed by atoms with van der Waals surface area (Å²) in [5, 5.41) is 2.76. The van der Waals surface area contributed by atoms with Gasteiger partial charge >= 0.3 is 0 Å². The predicted octanol–water partition coefficient (Wildman–Crippen LogP) is 1.12. The first-order valence-electron chi connectivity index (χ1n) is 5.75. The van der Waals surface area contributed by atoms with Crippen molar-refractivity contribution in [2.24, 2.45) is 0 Å². The normalized spacial score (nSPS) is 10.0. The molecule has 0 fully saturated rings. The lowest BCUT2D eigenvalue weighted by Gasteiger charge is -2.06. The third-order valence-electron chi connectivity index (χ3n) is 2.48. The number of amides is 1. The quantitative estimate of drug-likeness (QED) is 0.889. The number of carbonyl (C=O) groups is 1. The fourth-order valence-electron chi connectivity index (χ4n) is 1.45. The van der Waals surface area contributed by atoms with Gasteiger partial charge in [-0.2, -0.15) is 0 Å². The number of hydrogen-bond acceptors (Lipinski definition) is 5. The van der Waals surface area contributed by atoms with Gasteiger partial charge in [0.25, 0.3) is 5.91 Å². The van der Waals surface area contributed by atoms with Crippen LogP contribution in [0.4, 0.5) is 0 Å². The summed E-state index contributed by atoms with van der Waals surface area (Å²) >= 11 is 0. The van der Waals surface area contributed by atoms with Gasteiger partial charge in [0, 0.05) is 25.0 Å². The van der Waals surface area contributed by atoms with Crippen molar-refractivity contribution in [2.45, 2.75) is 13.5 Å². The van der Waals surface area contributed by atoms with E-state index in [9.17, 15) is 4.79 Å². The topological polar surface area (TPSA) is 77.0 Å². The number of rotatable bonds is 4. The zero-order chi connectivity index (χ0) is 13.7. The van der Waals surface area contributed by atoms with E-state index in [0.29, 0.717) is 18.1 Å². The number of nitrogens with one attached hydrogen (secondary N) is 1. The summed E-state index contributed by atoms with van der Waals surface area (Å²) in [7, 11) is 1.55. The highest BCUT2D eigenvalue weighted by Gasteiger charge is 2.07. The second-order valence-corrected chi connectivity index (χ2v) is 3.93. The van der Waals surface area contributed by atoms with Crippen LogP contribution in [0.15, 0.2) is 30.7 Å². The van der Waals surface area contributed by atoms with Gasteiger partial charge in [0.15, 0.2) is 0 Å². The van der Waals surface area contributed by atoms with Gasteiger partial charge in [0.2, 0.25) is 5.88 Å². The van der Waals surface area contributed by atoms with Crippen LogP contribution in [0.3, 0.4) is 0 Å². The molecule has 6 heteroatoms. The third kappa shape index (κ3) is 3.48. The van der Waals surface area contributed by atoms with Crippen LogP contribution in [0.2, 0.25) is 0 Å². The van der Waals surface area contributed by atoms with Crippen molar-refractivity contribution in [3.8, 4) is 5.88 Å². The van der Waals surface area contributed by atoms with E-state index in [-0.39, 0.29) is 5.91 Å². The number of aryl methyl sites for hydroxylation is 1. The van der Waals surface area contributed by atoms with Gasteiger partial charge in [-0.25, -0.2) is 9.97 Å². The molecule has 2 heterocycles. The number of methoxy groups -OCH3 is 1. The van der Waals surface area contributed by atoms with Crippen LogP contribution in [0.25, 0.3) is 0 Å². The van der Waals surface area contributed by atoms with Crippen LogP contribution in [0, 0.1) is 6.92 Å². The van der Waals surface area contributed by atoms with Crippen molar-refractivity contribution in [1.29, 1.82) is 0 Å². The summed E-state index contributed by atoms with van der Waals surface area (Å²) in [4.78, 5) is 23.9. The Hall–Kier alpha value is -2.50. The van der Waals surface area contributed by atoms with Crippen LogP contribution in [-0.4, -0.2) is 28.0 Å². The van der Waals surface area contributed by atoms with Crippen molar-refractivity contribution in [1.82, 2.24) is 20.3 Å². The number of pyridine rings is 1. The number of carbonyl (C=O) groups excluding carboxylic acids is 1. The number of nitrogens with zero attached hydrogens (tertiary/aromatic N) is 3. The summed E-state index contributed by atoms with van der Waals surface area (Å²) in [5.41, 5.74) is 1.97. The second-order valence-electron chi connectivity index (χ2n) is 3.93. The minimum Gasteiger partial charge on any atom is -0.481 e. The molecule has 1 N–H and O–H groups in total. The molecule has 0 unspecified atom stereocenters. The molecule has 0 saturated heterocycles. The SMILES string of the molecule is COc1cc(CNC(=O)c2cnc(C)cn2)ccn1. The van der Waals surface area contributed by atoms with Gasteiger partial charge in [0.1, 0.15) is 5.69 Å². The molecular weight excluding hydrogens is 244 g/mol. The molecule has 1 amide bonds. The molecule has 0 bridgehead atoms. The Morgan fingerprint density at radius 1 is 1.32 bits per heavy atom. The van der Waals surface area contributed by atoms with E-state index in [0.717, 1.165) is 11.3 Å². The van der Waals surface area contributed by atoms with E-state index in [1.165, 1.54) is 6.20 Å². The van der Waals surface area contributed by atoms with Crippen LogP contribution >= 0.6 is 0 Å². The third-order valence-corrected chi connectivity index (χ3v) is 2.48. The van der Waals surface area contributed by atoms with E-state index in [1.54, 1.807) is 25.6 Å². The maximum atomic E-state index is 11.8. The number of aromatic nitrogens is 3. The molecule has 0 aliphatic heterocycles. The zero-order valence-corrected chi connectivity index (χ0v) is 10.8. The van der Waals surface area contributed by atoms with Gasteiger partial charge in [-0.1, -0.05) is 0 Å². The Morgan fingerprint density at radius 2 is 2.16 bits per heavy atom. The molecular formula is C13H14N4O2. The summed E-state index contributed by atoms with van der Waals surface area (Å²) in [5.74, 6) is 0.255. The standard InChI is InChI=1S/C13H14N4O2/c1-9-6-16-11(8-15-9)13(18)17-7-10-3-4-14-12(5-10)19-2/h3-6,8H,7H2,1-2H3,(H,17,18). The molecule has 0 radical (unpaired) electrons. The average molecular weight is 258 g/mol. The highest BCUT2D eigenvalue weighted by molar-refractivity contribution is 5.91. The van der Waals surface area contributed by atoms with E-state index >= 15 is 0 Å². The molecule has 98 valence electrons. The Balaban J connectivity index is 1.98. The van der Waals surface area contributed by atoms with Crippen LogP contribution in [-0.2, 0) is 6.54 Å². The monoisotopic (exact) mass is 258 g/mol. The number of hydrogen-bond donors (Lipinski definition) is 1. The Morgan fingerprint density at radius 3 is 2.84 bits per heavy atom. The van der Waals surface area contributed by atoms with Crippen molar-refractivity contribution >= 4 is 5.91 Å². The van der Waals surface area contributed by atoms with E-state index in [2.05, 4.69) is 20.3 Å². The lowest BCUT2D eigenvalue weighted by Crippen LogP contribution is -2.24. The smallest absolute Gasteiger partial charge is 0.271 e. The minimum absolute atomic E-state index is 0.261. The first kappa shape index (κ1) is 12.9. The maximum absolute atomic E-state index is 11.8. The molecule has 19 heavy (non-hydrogen) atoms. The Kier molecular flexibility index (Phi) is 4.02. The predicted molar refractivity (Wildman–Crippen MR) is 68.7 cm³/mol. The lowest BCUT2D eigenvalue weighted by molar-refractivity contribution is 0.0945. The molecule has 2 rings (SSSR count). The lowest BCUT2D eigenvalue weighted by atomic mass is 10.2. The fraction of sp³-hybridized carbons (Fsp3) is 0.231. The molecule has 0 aromatic carbocycles. The Labute approximate surface area is 110 Å². The van der Waals surface area contributed by atoms with Crippen molar-refractivity contribution in [3.63, 3.8) is 0 Å². The average Bonchev–Trinajstić information content (AvgIpc) is 2.46. The largest absolute Gasteiger partial charge is 0.481 e. The van der Waals surface area contributed by atoms with Crippen LogP contribution < -0.4 is 10.1 Å². The first-order chi connectivity index (χ1) is 9.19. The van der Waals surface area contributed by atoms with Crippen LogP contribution in [0.1, 0.15) is 21.7 Å². The van der Waals surface area contributed by atoms with E-state index < -0.39 is 0 Å². The van der Waals surface area contributed by atoms with Gasteiger partial charge in [-0.05, 0) is 18.6 Å². The van der Waals surface area contributed by atoms with Crippen molar-refractivity contribution in [3.05, 3.63) is 47.7 Å². The van der Waals surface area contributed by atoms with Gasteiger partial charge in [-0.3, -0.25) is 9.78 Å². The van der Waals surface area contributed by atoms with Gasteiger partial charge < -0.3 is 10.1 Å². The maximum Gasteiger partial charge on any atom is 0.271 e. The molecule has 2 aromatic heterocycles. The van der Waals surface area contributed by atoms with Crippen LogP contribution in [0.5, 0.6) is 5.88 Å². The van der Waals surface area contributed by atoms with Crippen molar-refractivity contribution in [2.75, 3.05) is 7.11 Å². The Bertz CT molecular complexity index is 569. The zero-order valence-electron chi connectivity index (χ0n) is 10.8. The summed E-state index contributed by atoms with van der Waals surface area (Å²) in [6, 6.07) is 3.57. The summed E-state index contributed by atoms with van der Waals surface area (Å²) in [6.07, 6.45) is 4.65. The van der Waals surface area contributed by atoms with Crippen molar-refractivity contribution < 1.29 is 9.53 Å². The van der Waals surface area contributed by atoms with E-state index in [4.69, 9.17) is 4.74 Å². The van der Waals surface area contributed by atoms with E-state index in [1.807, 2.05) is 13.0 Å². The highest BCUT2D eigenvalue weighted by Crippen LogP contribution is 2.08. The molecule has 0 atom stereocenters. The first-order valence-corrected chi connectivity index (χ1v) is 5.75. The molecule has 6 nitrogen and oxygen atoms in total. The summed E-state index contributed by atoms with van der Waals surface area (Å²) < 4.78 is 5.01. The second kappa shape index (κ2) is 5.90. The molecule has 0 aliphatic rings. The van der Waals surface area contributed by atoms with Gasteiger partial charge in [0.05, 0.1) is 19.0 Å². The van der Waals surface area contributed by atoms with Gasteiger partial charge in [-0.15, -0.1) is 0 Å². The molecule has 0 saturated carbocycles. The summed E-state index contributed by atoms with van der Waals surface area (Å²) in [6.45, 7) is 2.20. The fourth-order valence-corrected chi connectivity index (χ4v) is 1.45.